The highest BCUT2D eigenvalue weighted by Crippen LogP contribution is 2.02. The van der Waals surface area contributed by atoms with Crippen LogP contribution in [0, 0.1) is 6.92 Å². The Morgan fingerprint density at radius 3 is 2.90 bits per heavy atom. The van der Waals surface area contributed by atoms with Crippen LogP contribution in [0.3, 0.4) is 0 Å². The van der Waals surface area contributed by atoms with E-state index >= 15 is 0 Å². The lowest BCUT2D eigenvalue weighted by Crippen LogP contribution is -2.12. The molecule has 0 unspecified atom stereocenters. The van der Waals surface area contributed by atoms with Crippen LogP contribution >= 0.6 is 11.3 Å². The smallest absolute Gasteiger partial charge is 0.274 e. The van der Waals surface area contributed by atoms with Gasteiger partial charge in [-0.15, -0.1) is 0 Å². The van der Waals surface area contributed by atoms with Gasteiger partial charge < -0.3 is 0 Å². The molecule has 0 saturated carbocycles. The summed E-state index contributed by atoms with van der Waals surface area (Å²) in [5.41, 5.74) is 0. The third kappa shape index (κ3) is 2.11. The van der Waals surface area contributed by atoms with Crippen molar-refractivity contribution in [1.82, 2.24) is 0 Å². The van der Waals surface area contributed by atoms with Crippen molar-refractivity contribution in [1.29, 1.82) is 0 Å². The second kappa shape index (κ2) is 3.73. The third-order valence-electron chi connectivity index (χ3n) is 0.968. The molecule has 1 radical (unpaired) electrons. The molecule has 0 aliphatic carbocycles. The zero-order valence-electron chi connectivity index (χ0n) is 5.40. The molecule has 10 heavy (non-hydrogen) atoms. The first-order chi connectivity index (χ1) is 4.83. The van der Waals surface area contributed by atoms with Gasteiger partial charge in [0.1, 0.15) is 0 Å². The summed E-state index contributed by atoms with van der Waals surface area (Å²) in [6.45, 7) is 1.99. The Morgan fingerprint density at radius 2 is 2.40 bits per heavy atom. The van der Waals surface area contributed by atoms with Gasteiger partial charge in [-0.2, -0.15) is 11.3 Å². The minimum atomic E-state index is 0.909. The van der Waals surface area contributed by atoms with Crippen molar-refractivity contribution in [3.8, 4) is 0 Å². The molecule has 0 aromatic carbocycles. The van der Waals surface area contributed by atoms with Crippen molar-refractivity contribution in [3.05, 3.63) is 17.0 Å². The van der Waals surface area contributed by atoms with Crippen LogP contribution in [0.4, 0.5) is 0 Å². The Bertz CT molecular complexity index is 201. The molecule has 1 rings (SSSR count). The fraction of sp³-hybridized carbons (Fsp3) is 0.200. The molecule has 0 fully saturated rings. The first-order valence-electron chi connectivity index (χ1n) is 2.69. The van der Waals surface area contributed by atoms with Gasteiger partial charge in [-0.1, -0.05) is 11.1 Å². The van der Waals surface area contributed by atoms with Crippen molar-refractivity contribution >= 4 is 23.6 Å². The Hall–Kier alpha value is -0.355. The zero-order valence-corrected chi connectivity index (χ0v) is 6.22. The Kier molecular flexibility index (Phi) is 2.89. The van der Waals surface area contributed by atoms with Gasteiger partial charge in [0.05, 0.1) is 0 Å². The van der Waals surface area contributed by atoms with Crippen molar-refractivity contribution in [2.24, 2.45) is 0 Å². The number of hydrogen-bond acceptors (Lipinski definition) is 4. The zero-order chi connectivity index (χ0) is 7.40. The van der Waals surface area contributed by atoms with E-state index in [1.54, 1.807) is 11.3 Å². The lowest BCUT2D eigenvalue weighted by molar-refractivity contribution is -0.441. The first kappa shape index (κ1) is 7.75. The van der Waals surface area contributed by atoms with E-state index in [-0.39, 0.29) is 0 Å². The number of hydrogen-bond donors (Lipinski definition) is 1. The maximum absolute atomic E-state index is 7.79. The topological polar surface area (TPSA) is 38.7 Å². The van der Waals surface area contributed by atoms with Gasteiger partial charge in [0.25, 0.3) is 0 Å². The molecule has 5 heteroatoms. The molecule has 0 amide bonds. The highest BCUT2D eigenvalue weighted by Gasteiger charge is 2.00. The minimum Gasteiger partial charge on any atom is -0.274 e. The Balaban J connectivity index is 2.42. The molecule has 1 aromatic rings. The molecular formula is C5H6BO3S. The molecule has 0 aliphatic rings. The van der Waals surface area contributed by atoms with Gasteiger partial charge in [-0.3, -0.25) is 4.81 Å². The second-order valence-electron chi connectivity index (χ2n) is 1.74. The standard InChI is InChI=1S/C5H6BO3S/c1-4-2-3-5(10-4)6-8-9-7/h2-3,7H,1H3. The number of aryl methyl sites for hydroxylation is 1. The van der Waals surface area contributed by atoms with E-state index in [4.69, 9.17) is 5.26 Å². The summed E-state index contributed by atoms with van der Waals surface area (Å²) in [4.78, 5) is 5.36. The molecule has 0 saturated heterocycles. The largest absolute Gasteiger partial charge is 0.396 e. The predicted molar refractivity (Wildman–Crippen MR) is 39.2 cm³/mol. The van der Waals surface area contributed by atoms with Crippen LogP contribution in [-0.4, -0.2) is 12.7 Å². The average molecular weight is 157 g/mol. The monoisotopic (exact) mass is 157 g/mol. The van der Waals surface area contributed by atoms with Crippen LogP contribution in [-0.2, 0) is 9.84 Å². The van der Waals surface area contributed by atoms with Crippen LogP contribution in [0.5, 0.6) is 0 Å². The van der Waals surface area contributed by atoms with Gasteiger partial charge in [-0.25, -0.2) is 5.26 Å². The van der Waals surface area contributed by atoms with Crippen molar-refractivity contribution in [2.45, 2.75) is 6.92 Å². The summed E-state index contributed by atoms with van der Waals surface area (Å²) in [5.74, 6) is 0. The summed E-state index contributed by atoms with van der Waals surface area (Å²) in [6.07, 6.45) is 0. The van der Waals surface area contributed by atoms with Crippen LogP contribution in [0.1, 0.15) is 4.88 Å². The molecule has 0 aliphatic heterocycles. The highest BCUT2D eigenvalue weighted by atomic mass is 32.1. The molecule has 0 atom stereocenters. The second-order valence-corrected chi connectivity index (χ2v) is 3.06. The van der Waals surface area contributed by atoms with Crippen LogP contribution in [0.15, 0.2) is 12.1 Å². The summed E-state index contributed by atoms with van der Waals surface area (Å²) in [5, 5.41) is 11.2. The van der Waals surface area contributed by atoms with Gasteiger partial charge in [0.15, 0.2) is 0 Å². The van der Waals surface area contributed by atoms with E-state index in [0.717, 1.165) is 4.78 Å². The molecule has 1 heterocycles. The molecule has 1 N–H and O–H groups in total. The molecule has 0 bridgehead atoms. The van der Waals surface area contributed by atoms with E-state index in [2.05, 4.69) is 9.84 Å². The minimum absolute atomic E-state index is 0.909. The van der Waals surface area contributed by atoms with Crippen molar-refractivity contribution in [3.63, 3.8) is 0 Å². The lowest BCUT2D eigenvalue weighted by atomic mass is 10.0. The van der Waals surface area contributed by atoms with Crippen molar-refractivity contribution < 1.29 is 15.1 Å². The lowest BCUT2D eigenvalue weighted by Gasteiger charge is -1.89. The first-order valence-corrected chi connectivity index (χ1v) is 3.51. The summed E-state index contributed by atoms with van der Waals surface area (Å²) >= 11 is 1.56. The number of thiophene rings is 1. The van der Waals surface area contributed by atoms with Crippen LogP contribution in [0.2, 0.25) is 0 Å². The van der Waals surface area contributed by atoms with E-state index in [9.17, 15) is 0 Å². The van der Waals surface area contributed by atoms with Crippen LogP contribution in [0.25, 0.3) is 0 Å². The Morgan fingerprint density at radius 1 is 1.60 bits per heavy atom. The normalized spacial score (nSPS) is 9.80. The molecule has 3 nitrogen and oxygen atoms in total. The van der Waals surface area contributed by atoms with Gasteiger partial charge in [0.2, 0.25) is 0 Å². The average Bonchev–Trinajstić information content (AvgIpc) is 2.31. The maximum atomic E-state index is 7.79. The number of rotatable bonds is 3. The van der Waals surface area contributed by atoms with E-state index in [0.29, 0.717) is 0 Å². The van der Waals surface area contributed by atoms with Crippen LogP contribution < -0.4 is 4.78 Å². The van der Waals surface area contributed by atoms with Gasteiger partial charge in [-0.05, 0) is 13.0 Å². The van der Waals surface area contributed by atoms with E-state index < -0.39 is 0 Å². The fourth-order valence-electron chi connectivity index (χ4n) is 0.586. The summed E-state index contributed by atoms with van der Waals surface area (Å²) in [7, 11) is 1.33. The molecule has 0 spiro atoms. The van der Waals surface area contributed by atoms with E-state index in [1.165, 1.54) is 12.4 Å². The molecular weight excluding hydrogens is 151 g/mol. The quantitative estimate of drug-likeness (QED) is 0.399. The summed E-state index contributed by atoms with van der Waals surface area (Å²) < 4.78 is 0.909. The van der Waals surface area contributed by atoms with Gasteiger partial charge in [0, 0.05) is 9.65 Å². The van der Waals surface area contributed by atoms with Gasteiger partial charge >= 0.3 is 7.48 Å². The SMILES string of the molecule is Cc1ccc([B]OOO)s1. The fourth-order valence-corrected chi connectivity index (χ4v) is 1.32. The molecule has 53 valence electrons. The molecule has 1 aromatic heterocycles. The van der Waals surface area contributed by atoms with Crippen molar-refractivity contribution in [2.75, 3.05) is 0 Å². The van der Waals surface area contributed by atoms with E-state index in [1.807, 2.05) is 19.1 Å². The Labute approximate surface area is 63.3 Å². The third-order valence-corrected chi connectivity index (χ3v) is 1.89. The maximum Gasteiger partial charge on any atom is 0.396 e. The summed E-state index contributed by atoms with van der Waals surface area (Å²) in [6, 6.07) is 3.83. The highest BCUT2D eigenvalue weighted by molar-refractivity contribution is 7.20. The predicted octanol–water partition coefficient (Wildman–Crippen LogP) is 0.722.